The van der Waals surface area contributed by atoms with Crippen molar-refractivity contribution in [1.29, 1.82) is 0 Å². The topological polar surface area (TPSA) is 104 Å². The van der Waals surface area contributed by atoms with Gasteiger partial charge in [-0.25, -0.2) is 4.79 Å². The molecule has 8 heteroatoms. The molecule has 7 nitrogen and oxygen atoms in total. The summed E-state index contributed by atoms with van der Waals surface area (Å²) in [5, 5.41) is 12.2. The molecule has 0 aromatic heterocycles. The van der Waals surface area contributed by atoms with Crippen LogP contribution in [0.2, 0.25) is 0 Å². The standard InChI is InChI=1S/C19H22N2O5S/c1-11(22)27-10-17(23)20-14-9-12-5-2-3-6-13(12)15-7-4-8-16(19(25)26)21(15)18(14)24/h2-3,5-6,14-16H,4,7-10H2,1H3,(H,20,23)(H,25,26). The SMILES string of the molecule is CC(=O)SCC(=O)NC1Cc2ccccc2C2CCCC(C(=O)O)N2C1=O. The van der Waals surface area contributed by atoms with Crippen LogP contribution >= 0.6 is 11.8 Å². The van der Waals surface area contributed by atoms with E-state index in [1.807, 2.05) is 24.3 Å². The van der Waals surface area contributed by atoms with Gasteiger partial charge in [-0.1, -0.05) is 36.0 Å². The monoisotopic (exact) mass is 390 g/mol. The Morgan fingerprint density at radius 1 is 1.26 bits per heavy atom. The minimum absolute atomic E-state index is 0.0629. The van der Waals surface area contributed by atoms with E-state index in [0.717, 1.165) is 29.3 Å². The van der Waals surface area contributed by atoms with Crippen LogP contribution in [0.15, 0.2) is 24.3 Å². The van der Waals surface area contributed by atoms with Gasteiger partial charge < -0.3 is 15.3 Å². The Labute approximate surface area is 161 Å². The number of rotatable bonds is 4. The van der Waals surface area contributed by atoms with Gasteiger partial charge >= 0.3 is 5.97 Å². The summed E-state index contributed by atoms with van der Waals surface area (Å²) in [6.07, 6.45) is 2.14. The van der Waals surface area contributed by atoms with Gasteiger partial charge in [0.15, 0.2) is 5.12 Å². The third kappa shape index (κ3) is 4.16. The summed E-state index contributed by atoms with van der Waals surface area (Å²) in [7, 11) is 0. The largest absolute Gasteiger partial charge is 0.480 e. The van der Waals surface area contributed by atoms with Crippen LogP contribution in [0.5, 0.6) is 0 Å². The maximum atomic E-state index is 13.2. The quantitative estimate of drug-likeness (QED) is 0.808. The Balaban J connectivity index is 1.92. The number of amides is 2. The fourth-order valence-corrected chi connectivity index (χ4v) is 4.32. The number of nitrogens with one attached hydrogen (secondary N) is 1. The van der Waals surface area contributed by atoms with Gasteiger partial charge in [0.25, 0.3) is 0 Å². The molecule has 0 radical (unpaired) electrons. The summed E-state index contributed by atoms with van der Waals surface area (Å²) in [4.78, 5) is 49.7. The molecule has 0 saturated carbocycles. The van der Waals surface area contributed by atoms with Crippen molar-refractivity contribution in [2.24, 2.45) is 0 Å². The molecule has 27 heavy (non-hydrogen) atoms. The second kappa shape index (κ2) is 8.12. The molecule has 3 unspecified atom stereocenters. The van der Waals surface area contributed by atoms with E-state index in [2.05, 4.69) is 5.32 Å². The molecule has 0 aliphatic carbocycles. The molecule has 1 aromatic carbocycles. The summed E-state index contributed by atoms with van der Waals surface area (Å²) in [6.45, 7) is 1.38. The van der Waals surface area contributed by atoms with Gasteiger partial charge in [0.2, 0.25) is 11.8 Å². The lowest BCUT2D eigenvalue weighted by Gasteiger charge is -2.40. The average molecular weight is 390 g/mol. The van der Waals surface area contributed by atoms with Crippen molar-refractivity contribution in [2.75, 3.05) is 5.75 Å². The van der Waals surface area contributed by atoms with Gasteiger partial charge in [-0.05, 0) is 30.4 Å². The number of carbonyl (C=O) groups is 4. The van der Waals surface area contributed by atoms with E-state index in [-0.39, 0.29) is 22.8 Å². The minimum atomic E-state index is -1.02. The zero-order chi connectivity index (χ0) is 19.6. The van der Waals surface area contributed by atoms with Crippen LogP contribution in [-0.2, 0) is 25.6 Å². The summed E-state index contributed by atoms with van der Waals surface area (Å²) in [5.74, 6) is -1.87. The predicted octanol–water partition coefficient (Wildman–Crippen LogP) is 1.51. The minimum Gasteiger partial charge on any atom is -0.480 e. The summed E-state index contributed by atoms with van der Waals surface area (Å²) < 4.78 is 0. The molecule has 2 aliphatic rings. The van der Waals surface area contributed by atoms with Gasteiger partial charge in [-0.2, -0.15) is 0 Å². The second-order valence-electron chi connectivity index (χ2n) is 6.85. The normalized spacial score (nSPS) is 24.4. The lowest BCUT2D eigenvalue weighted by molar-refractivity contribution is -0.156. The highest BCUT2D eigenvalue weighted by Crippen LogP contribution is 2.39. The van der Waals surface area contributed by atoms with Crippen molar-refractivity contribution in [1.82, 2.24) is 10.2 Å². The third-order valence-electron chi connectivity index (χ3n) is 5.04. The number of fused-ring (bicyclic) bond motifs is 3. The fourth-order valence-electron chi connectivity index (χ4n) is 3.90. The van der Waals surface area contributed by atoms with Gasteiger partial charge in [0, 0.05) is 13.3 Å². The number of hydrogen-bond donors (Lipinski definition) is 2. The number of piperidine rings is 1. The van der Waals surface area contributed by atoms with Gasteiger partial charge in [-0.3, -0.25) is 14.4 Å². The highest BCUT2D eigenvalue weighted by molar-refractivity contribution is 8.14. The zero-order valence-electron chi connectivity index (χ0n) is 15.0. The first-order chi connectivity index (χ1) is 12.9. The maximum Gasteiger partial charge on any atom is 0.326 e. The van der Waals surface area contributed by atoms with Crippen LogP contribution < -0.4 is 5.32 Å². The highest BCUT2D eigenvalue weighted by Gasteiger charge is 2.44. The lowest BCUT2D eigenvalue weighted by Crippen LogP contribution is -2.55. The number of carbonyl (C=O) groups excluding carboxylic acids is 3. The molecule has 3 atom stereocenters. The van der Waals surface area contributed by atoms with E-state index in [4.69, 9.17) is 0 Å². The van der Waals surface area contributed by atoms with Crippen molar-refractivity contribution < 1.29 is 24.3 Å². The first kappa shape index (κ1) is 19.4. The molecule has 2 heterocycles. The van der Waals surface area contributed by atoms with Crippen LogP contribution in [0.4, 0.5) is 0 Å². The molecule has 2 aliphatic heterocycles. The molecule has 0 bridgehead atoms. The Morgan fingerprint density at radius 3 is 2.70 bits per heavy atom. The van der Waals surface area contributed by atoms with Crippen LogP contribution in [0.1, 0.15) is 43.4 Å². The van der Waals surface area contributed by atoms with Crippen LogP contribution in [-0.4, -0.2) is 50.7 Å². The van der Waals surface area contributed by atoms with Crippen molar-refractivity contribution in [3.63, 3.8) is 0 Å². The Bertz CT molecular complexity index is 781. The summed E-state index contributed by atoms with van der Waals surface area (Å²) >= 11 is 0.878. The molecular weight excluding hydrogens is 368 g/mol. The van der Waals surface area contributed by atoms with Crippen molar-refractivity contribution >= 4 is 34.7 Å². The van der Waals surface area contributed by atoms with E-state index in [9.17, 15) is 24.3 Å². The maximum absolute atomic E-state index is 13.2. The van der Waals surface area contributed by atoms with Crippen molar-refractivity contribution in [3.8, 4) is 0 Å². The molecule has 3 rings (SSSR count). The Morgan fingerprint density at radius 2 is 2.00 bits per heavy atom. The Hall–Kier alpha value is -2.35. The van der Waals surface area contributed by atoms with E-state index in [0.29, 0.717) is 19.3 Å². The van der Waals surface area contributed by atoms with Crippen LogP contribution in [0, 0.1) is 0 Å². The smallest absolute Gasteiger partial charge is 0.326 e. The van der Waals surface area contributed by atoms with Gasteiger partial charge in [0.05, 0.1) is 11.8 Å². The van der Waals surface area contributed by atoms with Crippen molar-refractivity contribution in [2.45, 2.75) is 50.7 Å². The number of thioether (sulfide) groups is 1. The molecule has 2 amide bonds. The molecule has 1 saturated heterocycles. The van der Waals surface area contributed by atoms with Gasteiger partial charge in [-0.15, -0.1) is 0 Å². The zero-order valence-corrected chi connectivity index (χ0v) is 15.8. The van der Waals surface area contributed by atoms with Crippen LogP contribution in [0.3, 0.4) is 0 Å². The van der Waals surface area contributed by atoms with E-state index in [1.54, 1.807) is 0 Å². The number of hydrogen-bond acceptors (Lipinski definition) is 5. The van der Waals surface area contributed by atoms with Crippen LogP contribution in [0.25, 0.3) is 0 Å². The molecular formula is C19H22N2O5S. The van der Waals surface area contributed by atoms with E-state index in [1.165, 1.54) is 11.8 Å². The molecule has 1 aromatic rings. The molecule has 144 valence electrons. The molecule has 0 spiro atoms. The number of aliphatic carboxylic acids is 1. The third-order valence-corrected chi connectivity index (χ3v) is 5.86. The highest BCUT2D eigenvalue weighted by atomic mass is 32.2. The first-order valence-corrected chi connectivity index (χ1v) is 9.92. The first-order valence-electron chi connectivity index (χ1n) is 8.94. The van der Waals surface area contributed by atoms with E-state index >= 15 is 0 Å². The lowest BCUT2D eigenvalue weighted by atomic mass is 9.89. The van der Waals surface area contributed by atoms with Gasteiger partial charge in [0.1, 0.15) is 12.1 Å². The summed E-state index contributed by atoms with van der Waals surface area (Å²) in [6, 6.07) is 5.58. The second-order valence-corrected chi connectivity index (χ2v) is 8.00. The number of carboxylic acid groups (broad SMARTS) is 1. The fraction of sp³-hybridized carbons (Fsp3) is 0.474. The molecule has 1 fully saturated rings. The number of benzene rings is 1. The van der Waals surface area contributed by atoms with E-state index < -0.39 is 24.0 Å². The Kier molecular flexibility index (Phi) is 5.84. The van der Waals surface area contributed by atoms with Crippen molar-refractivity contribution in [3.05, 3.63) is 35.4 Å². The average Bonchev–Trinajstić information content (AvgIpc) is 2.75. The number of carboxylic acids is 1. The predicted molar refractivity (Wildman–Crippen MR) is 100 cm³/mol. The molecule has 2 N–H and O–H groups in total. The summed E-state index contributed by atoms with van der Waals surface area (Å²) in [5.41, 5.74) is 1.89. The number of nitrogens with zero attached hydrogens (tertiary/aromatic N) is 1.